The first-order chi connectivity index (χ1) is 11.7. The molecule has 0 unspecified atom stereocenters. The lowest BCUT2D eigenvalue weighted by Gasteiger charge is -2.22. The Bertz CT molecular complexity index is 688. The van der Waals surface area contributed by atoms with Crippen LogP contribution in [0.5, 0.6) is 5.75 Å². The van der Waals surface area contributed by atoms with E-state index in [2.05, 4.69) is 0 Å². The van der Waals surface area contributed by atoms with E-state index in [1.807, 2.05) is 60.7 Å². The third-order valence-electron chi connectivity index (χ3n) is 4.02. The lowest BCUT2D eigenvalue weighted by atomic mass is 10.2. The molecule has 1 fully saturated rings. The Morgan fingerprint density at radius 3 is 2.29 bits per heavy atom. The lowest BCUT2D eigenvalue weighted by molar-refractivity contribution is -0.133. The van der Waals surface area contributed by atoms with Crippen molar-refractivity contribution in [3.8, 4) is 5.75 Å². The van der Waals surface area contributed by atoms with Crippen LogP contribution in [0.25, 0.3) is 0 Å². The number of hydrogen-bond acceptors (Lipinski definition) is 3. The van der Waals surface area contributed by atoms with Gasteiger partial charge < -0.3 is 14.5 Å². The van der Waals surface area contributed by atoms with Gasteiger partial charge in [-0.25, -0.2) is 0 Å². The predicted octanol–water partition coefficient (Wildman–Crippen LogP) is 2.33. The van der Waals surface area contributed by atoms with Gasteiger partial charge in [-0.2, -0.15) is 0 Å². The van der Waals surface area contributed by atoms with Gasteiger partial charge in [-0.05, 0) is 24.3 Å². The average molecular weight is 324 g/mol. The molecule has 0 aliphatic carbocycles. The maximum Gasteiger partial charge on any atom is 0.260 e. The number of carbonyl (C=O) groups is 2. The molecular formula is C19H20N2O3. The van der Waals surface area contributed by atoms with E-state index in [-0.39, 0.29) is 18.4 Å². The number of carbonyl (C=O) groups excluding carboxylic acids is 2. The quantitative estimate of drug-likeness (QED) is 0.867. The summed E-state index contributed by atoms with van der Waals surface area (Å²) >= 11 is 0. The van der Waals surface area contributed by atoms with Gasteiger partial charge >= 0.3 is 0 Å². The highest BCUT2D eigenvalue weighted by Crippen LogP contribution is 2.17. The van der Waals surface area contributed by atoms with Crippen LogP contribution < -0.4 is 9.64 Å². The average Bonchev–Trinajstić information content (AvgIpc) is 2.83. The Balaban J connectivity index is 1.58. The molecule has 2 aromatic carbocycles. The molecule has 1 saturated heterocycles. The molecule has 124 valence electrons. The van der Waals surface area contributed by atoms with Crippen molar-refractivity contribution >= 4 is 17.5 Å². The first kappa shape index (κ1) is 16.1. The maximum absolute atomic E-state index is 12.3. The highest BCUT2D eigenvalue weighted by atomic mass is 16.5. The fourth-order valence-electron chi connectivity index (χ4n) is 2.71. The van der Waals surface area contributed by atoms with E-state index < -0.39 is 0 Å². The minimum absolute atomic E-state index is 0.0104. The summed E-state index contributed by atoms with van der Waals surface area (Å²) in [6, 6.07) is 18.8. The number of hydrogen-bond donors (Lipinski definition) is 0. The highest BCUT2D eigenvalue weighted by Gasteiger charge is 2.24. The van der Waals surface area contributed by atoms with E-state index in [9.17, 15) is 9.59 Å². The van der Waals surface area contributed by atoms with Gasteiger partial charge in [0.25, 0.3) is 5.91 Å². The Morgan fingerprint density at radius 1 is 0.917 bits per heavy atom. The molecule has 0 aromatic heterocycles. The molecule has 5 nitrogen and oxygen atoms in total. The van der Waals surface area contributed by atoms with Crippen LogP contribution in [0.2, 0.25) is 0 Å². The minimum Gasteiger partial charge on any atom is -0.484 e. The molecule has 0 bridgehead atoms. The van der Waals surface area contributed by atoms with Crippen LogP contribution in [-0.2, 0) is 9.59 Å². The Hall–Kier alpha value is -2.82. The van der Waals surface area contributed by atoms with E-state index in [1.54, 1.807) is 9.80 Å². The second-order valence-electron chi connectivity index (χ2n) is 5.61. The lowest BCUT2D eigenvalue weighted by Crippen LogP contribution is -2.38. The zero-order valence-electron chi connectivity index (χ0n) is 13.4. The second-order valence-corrected chi connectivity index (χ2v) is 5.61. The first-order valence-corrected chi connectivity index (χ1v) is 8.05. The molecule has 1 heterocycles. The maximum atomic E-state index is 12.3. The molecule has 0 spiro atoms. The molecule has 5 heteroatoms. The van der Waals surface area contributed by atoms with Gasteiger partial charge in [0.1, 0.15) is 5.75 Å². The van der Waals surface area contributed by atoms with Gasteiger partial charge in [-0.1, -0.05) is 36.4 Å². The van der Waals surface area contributed by atoms with Crippen molar-refractivity contribution in [2.24, 2.45) is 0 Å². The zero-order chi connectivity index (χ0) is 16.8. The topological polar surface area (TPSA) is 49.9 Å². The highest BCUT2D eigenvalue weighted by molar-refractivity contribution is 5.94. The molecule has 2 amide bonds. The van der Waals surface area contributed by atoms with Gasteiger partial charge in [0.15, 0.2) is 6.61 Å². The number of amides is 2. The van der Waals surface area contributed by atoms with Crippen LogP contribution in [0.15, 0.2) is 60.7 Å². The van der Waals surface area contributed by atoms with Crippen LogP contribution in [0, 0.1) is 0 Å². The summed E-state index contributed by atoms with van der Waals surface area (Å²) in [5.74, 6) is 0.615. The molecular weight excluding hydrogens is 304 g/mol. The predicted molar refractivity (Wildman–Crippen MR) is 91.9 cm³/mol. The van der Waals surface area contributed by atoms with Crippen LogP contribution >= 0.6 is 0 Å². The van der Waals surface area contributed by atoms with Crippen molar-refractivity contribution in [2.45, 2.75) is 6.42 Å². The monoisotopic (exact) mass is 324 g/mol. The molecule has 1 aliphatic rings. The molecule has 0 N–H and O–H groups in total. The number of rotatable bonds is 4. The van der Waals surface area contributed by atoms with Crippen LogP contribution in [0.3, 0.4) is 0 Å². The molecule has 24 heavy (non-hydrogen) atoms. The van der Waals surface area contributed by atoms with E-state index in [0.717, 1.165) is 5.69 Å². The smallest absolute Gasteiger partial charge is 0.260 e. The molecule has 2 aromatic rings. The second kappa shape index (κ2) is 7.64. The van der Waals surface area contributed by atoms with Crippen LogP contribution in [0.4, 0.5) is 5.69 Å². The number of ether oxygens (including phenoxy) is 1. The normalized spacial score (nSPS) is 15.1. The van der Waals surface area contributed by atoms with Gasteiger partial charge in [-0.3, -0.25) is 9.59 Å². The Morgan fingerprint density at radius 2 is 1.58 bits per heavy atom. The summed E-state index contributed by atoms with van der Waals surface area (Å²) in [7, 11) is 0. The Labute approximate surface area is 141 Å². The summed E-state index contributed by atoms with van der Waals surface area (Å²) in [5, 5.41) is 0. The largest absolute Gasteiger partial charge is 0.484 e. The van der Waals surface area contributed by atoms with Gasteiger partial charge in [0, 0.05) is 31.7 Å². The molecule has 0 atom stereocenters. The fourth-order valence-corrected chi connectivity index (χ4v) is 2.71. The van der Waals surface area contributed by atoms with Crippen molar-refractivity contribution in [1.29, 1.82) is 0 Å². The molecule has 0 radical (unpaired) electrons. The van der Waals surface area contributed by atoms with E-state index in [1.165, 1.54) is 0 Å². The van der Waals surface area contributed by atoms with Gasteiger partial charge in [-0.15, -0.1) is 0 Å². The number of anilines is 1. The van der Waals surface area contributed by atoms with Gasteiger partial charge in [0.2, 0.25) is 5.91 Å². The Kier molecular flexibility index (Phi) is 5.11. The van der Waals surface area contributed by atoms with Crippen molar-refractivity contribution in [3.63, 3.8) is 0 Å². The number of nitrogens with zero attached hydrogens (tertiary/aromatic N) is 2. The minimum atomic E-state index is -0.0958. The molecule has 3 rings (SSSR count). The summed E-state index contributed by atoms with van der Waals surface area (Å²) in [5.41, 5.74) is 0.873. The van der Waals surface area contributed by atoms with Crippen LogP contribution in [0.1, 0.15) is 6.42 Å². The van der Waals surface area contributed by atoms with Gasteiger partial charge in [0.05, 0.1) is 0 Å². The fraction of sp³-hybridized carbons (Fsp3) is 0.263. The summed E-state index contributed by atoms with van der Waals surface area (Å²) in [6.07, 6.45) is 0.325. The summed E-state index contributed by atoms with van der Waals surface area (Å²) in [6.45, 7) is 1.43. The van der Waals surface area contributed by atoms with E-state index in [0.29, 0.717) is 31.8 Å². The standard InChI is InChI=1S/C19H20N2O3/c22-18-11-12-20(13-14-21(18)16-7-3-1-4-8-16)19(23)15-24-17-9-5-2-6-10-17/h1-10H,11-15H2. The first-order valence-electron chi connectivity index (χ1n) is 8.05. The molecule has 0 saturated carbocycles. The van der Waals surface area contributed by atoms with Crippen LogP contribution in [-0.4, -0.2) is 43.0 Å². The third-order valence-corrected chi connectivity index (χ3v) is 4.02. The molecule has 1 aliphatic heterocycles. The van der Waals surface area contributed by atoms with E-state index in [4.69, 9.17) is 4.74 Å². The van der Waals surface area contributed by atoms with Crippen molar-refractivity contribution in [1.82, 2.24) is 4.90 Å². The van der Waals surface area contributed by atoms with Crippen molar-refractivity contribution in [2.75, 3.05) is 31.1 Å². The third kappa shape index (κ3) is 3.93. The van der Waals surface area contributed by atoms with Crippen molar-refractivity contribution < 1.29 is 14.3 Å². The number of para-hydroxylation sites is 2. The van der Waals surface area contributed by atoms with Crippen molar-refractivity contribution in [3.05, 3.63) is 60.7 Å². The summed E-state index contributed by atoms with van der Waals surface area (Å²) < 4.78 is 5.51. The number of benzene rings is 2. The summed E-state index contributed by atoms with van der Waals surface area (Å²) in [4.78, 5) is 28.1. The van der Waals surface area contributed by atoms with E-state index >= 15 is 0 Å². The zero-order valence-corrected chi connectivity index (χ0v) is 13.4. The SMILES string of the molecule is O=C(COc1ccccc1)N1CCC(=O)N(c2ccccc2)CC1.